The summed E-state index contributed by atoms with van der Waals surface area (Å²) in [6.07, 6.45) is 6.16. The average Bonchev–Trinajstić information content (AvgIpc) is 2.70. The maximum absolute atomic E-state index is 10.9. The zero-order valence-corrected chi connectivity index (χ0v) is 13.7. The van der Waals surface area contributed by atoms with E-state index in [4.69, 9.17) is 15.9 Å². The van der Waals surface area contributed by atoms with Crippen LogP contribution in [0.2, 0.25) is 0 Å². The van der Waals surface area contributed by atoms with Crippen LogP contribution in [0.15, 0.2) is 21.7 Å². The number of aliphatic imine (C=N–C) groups is 1. The maximum atomic E-state index is 10.9. The Bertz CT molecular complexity index is 465. The number of hydrogen-bond donors (Lipinski definition) is 2. The van der Waals surface area contributed by atoms with E-state index in [9.17, 15) is 4.79 Å². The van der Waals surface area contributed by atoms with Gasteiger partial charge in [-0.3, -0.25) is 4.79 Å². The van der Waals surface area contributed by atoms with Gasteiger partial charge >= 0.3 is 0 Å². The van der Waals surface area contributed by atoms with E-state index >= 15 is 0 Å². The summed E-state index contributed by atoms with van der Waals surface area (Å²) in [7, 11) is 0. The third-order valence-electron chi connectivity index (χ3n) is 3.27. The van der Waals surface area contributed by atoms with Gasteiger partial charge in [0.25, 0.3) is 5.91 Å². The summed E-state index contributed by atoms with van der Waals surface area (Å²) < 4.78 is 5.21. The predicted molar refractivity (Wildman–Crippen MR) is 88.0 cm³/mol. The summed E-state index contributed by atoms with van der Waals surface area (Å²) in [5.41, 5.74) is 11.5. The zero-order valence-electron chi connectivity index (χ0n) is 11.4. The first-order valence-electron chi connectivity index (χ1n) is 6.59. The van der Waals surface area contributed by atoms with Gasteiger partial charge in [-0.15, -0.1) is 24.0 Å². The van der Waals surface area contributed by atoms with E-state index in [1.54, 1.807) is 6.07 Å². The largest absolute Gasteiger partial charge is 0.467 e. The number of nitrogens with two attached hydrogens (primary N) is 2. The van der Waals surface area contributed by atoms with Gasteiger partial charge in [0.05, 0.1) is 5.56 Å². The smallest absolute Gasteiger partial charge is 0.251 e. The molecule has 1 amide bonds. The molecule has 1 fully saturated rings. The molecule has 0 unspecified atom stereocenters. The summed E-state index contributed by atoms with van der Waals surface area (Å²) in [5.74, 6) is 0.630. The van der Waals surface area contributed by atoms with Crippen LogP contribution in [0, 0.1) is 0 Å². The Kier molecular flexibility index (Phi) is 6.83. The van der Waals surface area contributed by atoms with Gasteiger partial charge < -0.3 is 20.8 Å². The van der Waals surface area contributed by atoms with Crippen LogP contribution in [0.4, 0.5) is 0 Å². The molecule has 1 aliphatic rings. The highest BCUT2D eigenvalue weighted by molar-refractivity contribution is 14.0. The normalized spacial score (nSPS) is 16.4. The van der Waals surface area contributed by atoms with Crippen molar-refractivity contribution in [1.29, 1.82) is 0 Å². The number of amides is 1. The Hall–Kier alpha value is -1.25. The van der Waals surface area contributed by atoms with Crippen LogP contribution in [0.25, 0.3) is 0 Å². The fourth-order valence-corrected chi connectivity index (χ4v) is 2.15. The van der Waals surface area contributed by atoms with E-state index in [2.05, 4.69) is 9.89 Å². The SMILES string of the molecule is I.NC(=O)c1coc(CN=C(N)N2CCCCCC2)c1. The van der Waals surface area contributed by atoms with Crippen LogP contribution in [0.3, 0.4) is 0 Å². The predicted octanol–water partition coefficient (Wildman–Crippen LogP) is 1.69. The van der Waals surface area contributed by atoms with Crippen LogP contribution >= 0.6 is 24.0 Å². The summed E-state index contributed by atoms with van der Waals surface area (Å²) >= 11 is 0. The fraction of sp³-hybridized carbons (Fsp3) is 0.538. The molecule has 2 heterocycles. The molecular weight excluding hydrogens is 371 g/mol. The van der Waals surface area contributed by atoms with E-state index in [1.165, 1.54) is 19.1 Å². The molecule has 1 aromatic heterocycles. The third kappa shape index (κ3) is 4.69. The second-order valence-corrected chi connectivity index (χ2v) is 4.74. The lowest BCUT2D eigenvalue weighted by atomic mass is 10.2. The van der Waals surface area contributed by atoms with E-state index in [0.717, 1.165) is 25.9 Å². The van der Waals surface area contributed by atoms with Crippen LogP contribution in [0.1, 0.15) is 41.8 Å². The number of nitrogens with zero attached hydrogens (tertiary/aromatic N) is 2. The topological polar surface area (TPSA) is 97.8 Å². The number of furan rings is 1. The molecule has 1 aliphatic heterocycles. The lowest BCUT2D eigenvalue weighted by Gasteiger charge is -2.20. The van der Waals surface area contributed by atoms with E-state index in [-0.39, 0.29) is 24.0 Å². The quantitative estimate of drug-likeness (QED) is 0.465. The maximum Gasteiger partial charge on any atom is 0.251 e. The highest BCUT2D eigenvalue weighted by atomic mass is 127. The average molecular weight is 392 g/mol. The minimum atomic E-state index is -0.500. The molecule has 20 heavy (non-hydrogen) atoms. The van der Waals surface area contributed by atoms with E-state index in [1.807, 2.05) is 0 Å². The number of primary amides is 1. The molecular formula is C13H21IN4O2. The molecule has 0 aromatic carbocycles. The minimum Gasteiger partial charge on any atom is -0.467 e. The highest BCUT2D eigenvalue weighted by Crippen LogP contribution is 2.11. The van der Waals surface area contributed by atoms with Gasteiger partial charge in [-0.25, -0.2) is 4.99 Å². The van der Waals surface area contributed by atoms with Gasteiger partial charge in [-0.2, -0.15) is 0 Å². The Morgan fingerprint density at radius 2 is 1.90 bits per heavy atom. The molecule has 0 atom stereocenters. The number of halogens is 1. The molecule has 112 valence electrons. The highest BCUT2D eigenvalue weighted by Gasteiger charge is 2.11. The lowest BCUT2D eigenvalue weighted by molar-refractivity contribution is 0.0999. The van der Waals surface area contributed by atoms with Crippen LogP contribution in [-0.2, 0) is 6.54 Å². The van der Waals surface area contributed by atoms with Crippen molar-refractivity contribution in [1.82, 2.24) is 4.90 Å². The molecule has 0 radical (unpaired) electrons. The van der Waals surface area contributed by atoms with Crippen LogP contribution in [-0.4, -0.2) is 29.9 Å². The standard InChI is InChI=1S/C13H20N4O2.HI/c14-12(18)10-7-11(19-9-10)8-16-13(15)17-5-3-1-2-4-6-17;/h7,9H,1-6,8H2,(H2,14,18)(H2,15,16);1H. The van der Waals surface area contributed by atoms with Gasteiger partial charge in [0.1, 0.15) is 18.6 Å². The Morgan fingerprint density at radius 1 is 1.25 bits per heavy atom. The Morgan fingerprint density at radius 3 is 2.45 bits per heavy atom. The summed E-state index contributed by atoms with van der Waals surface area (Å²) in [5, 5.41) is 0. The van der Waals surface area contributed by atoms with Crippen molar-refractivity contribution < 1.29 is 9.21 Å². The van der Waals surface area contributed by atoms with Crippen molar-refractivity contribution >= 4 is 35.8 Å². The molecule has 7 heteroatoms. The van der Waals surface area contributed by atoms with Crippen molar-refractivity contribution in [2.75, 3.05) is 13.1 Å². The van der Waals surface area contributed by atoms with Gasteiger partial charge in [-0.1, -0.05) is 12.8 Å². The number of rotatable bonds is 3. The first kappa shape index (κ1) is 16.8. The first-order chi connectivity index (χ1) is 9.16. The molecule has 6 nitrogen and oxygen atoms in total. The molecule has 1 saturated heterocycles. The van der Waals surface area contributed by atoms with Gasteiger partial charge in [0.15, 0.2) is 5.96 Å². The second-order valence-electron chi connectivity index (χ2n) is 4.74. The van der Waals surface area contributed by atoms with Crippen molar-refractivity contribution in [2.45, 2.75) is 32.2 Å². The van der Waals surface area contributed by atoms with Gasteiger partial charge in [0.2, 0.25) is 0 Å². The number of likely N-dealkylation sites (tertiary alicyclic amines) is 1. The van der Waals surface area contributed by atoms with Crippen LogP contribution < -0.4 is 11.5 Å². The first-order valence-corrected chi connectivity index (χ1v) is 6.59. The fourth-order valence-electron chi connectivity index (χ4n) is 2.15. The zero-order chi connectivity index (χ0) is 13.7. The molecule has 4 N–H and O–H groups in total. The second kappa shape index (κ2) is 8.13. The van der Waals surface area contributed by atoms with E-state index < -0.39 is 5.91 Å². The van der Waals surface area contributed by atoms with Crippen LogP contribution in [0.5, 0.6) is 0 Å². The van der Waals surface area contributed by atoms with Crippen molar-refractivity contribution in [3.05, 3.63) is 23.7 Å². The molecule has 0 saturated carbocycles. The summed E-state index contributed by atoms with van der Waals surface area (Å²) in [6.45, 7) is 2.25. The van der Waals surface area contributed by atoms with Crippen molar-refractivity contribution in [3.63, 3.8) is 0 Å². The molecule has 1 aromatic rings. The number of carbonyl (C=O) groups is 1. The molecule has 0 aliphatic carbocycles. The van der Waals surface area contributed by atoms with Gasteiger partial charge in [0, 0.05) is 13.1 Å². The lowest BCUT2D eigenvalue weighted by Crippen LogP contribution is -2.38. The number of guanidine groups is 1. The van der Waals surface area contributed by atoms with Crippen molar-refractivity contribution in [2.24, 2.45) is 16.5 Å². The van der Waals surface area contributed by atoms with E-state index in [0.29, 0.717) is 23.8 Å². The summed E-state index contributed by atoms with van der Waals surface area (Å²) in [6, 6.07) is 1.60. The number of hydrogen-bond acceptors (Lipinski definition) is 3. The summed E-state index contributed by atoms with van der Waals surface area (Å²) in [4.78, 5) is 17.3. The Balaban J connectivity index is 0.00000200. The van der Waals surface area contributed by atoms with Gasteiger partial charge in [-0.05, 0) is 18.9 Å². The van der Waals surface area contributed by atoms with Crippen molar-refractivity contribution in [3.8, 4) is 0 Å². The Labute approximate surface area is 135 Å². The monoisotopic (exact) mass is 392 g/mol. The molecule has 2 rings (SSSR count). The number of carbonyl (C=O) groups excluding carboxylic acids is 1. The minimum absolute atomic E-state index is 0. The molecule has 0 bridgehead atoms. The molecule has 0 spiro atoms. The third-order valence-corrected chi connectivity index (χ3v) is 3.27.